The van der Waals surface area contributed by atoms with Gasteiger partial charge in [0.15, 0.2) is 0 Å². The van der Waals surface area contributed by atoms with Gasteiger partial charge in [0.05, 0.1) is 33.4 Å². The van der Waals surface area contributed by atoms with Crippen molar-refractivity contribution in [3.05, 3.63) is 388 Å². The molecule has 20 rings (SSSR count). The number of nitrogens with zero attached hydrogens (tertiary/aromatic N) is 5. The fourth-order valence-corrected chi connectivity index (χ4v) is 16.7. The molecule has 2 aliphatic heterocycles. The highest BCUT2D eigenvalue weighted by molar-refractivity contribution is 7.00. The molecule has 2 aliphatic rings. The summed E-state index contributed by atoms with van der Waals surface area (Å²) < 4.78 is 4.97. The molecule has 0 aliphatic carbocycles. The Morgan fingerprint density at radius 3 is 0.863 bits per heavy atom. The highest BCUT2D eigenvalue weighted by atomic mass is 15.2. The highest BCUT2D eigenvalue weighted by Crippen LogP contribution is 2.55. The van der Waals surface area contributed by atoms with Gasteiger partial charge in [-0.2, -0.15) is 0 Å². The molecule has 0 unspecified atom stereocenters. The van der Waals surface area contributed by atoms with Crippen molar-refractivity contribution in [1.29, 1.82) is 0 Å². The lowest BCUT2D eigenvalue weighted by Gasteiger charge is -2.46. The molecule has 5 nitrogen and oxygen atoms in total. The standard InChI is InChI=1S/C96H64BN5/c1-7-29-66(30-8-1)76-45-27-46-77(67-31-9-2-10-32-67)95(76)101-90-63-74(99-86-49-23-19-41-80(86)81-42-20-24-50-87(81)99)57-59-84(90)97-85-60-58-75(100-88-51-25-21-43-82(88)83-44-22-26-52-89(83)100)64-91(85)102(96-78(68-33-11-3-12-34-68)47-28-48-79(96)69-35-13-4-14-36-69)93-62-70(61-92(101)94(93)97)65-53-55-73(56-54-65)98(71-37-15-5-16-38-71)72-39-17-6-18-40-72/h1-64H. The molecule has 0 N–H and O–H groups in total. The Kier molecular flexibility index (Phi) is 14.0. The summed E-state index contributed by atoms with van der Waals surface area (Å²) in [5, 5.41) is 4.87. The van der Waals surface area contributed by atoms with Crippen molar-refractivity contribution in [1.82, 2.24) is 9.13 Å². The normalized spacial score (nSPS) is 12.3. The number of hydrogen-bond acceptors (Lipinski definition) is 3. The van der Waals surface area contributed by atoms with Gasteiger partial charge in [0.1, 0.15) is 0 Å². The van der Waals surface area contributed by atoms with Crippen LogP contribution in [0.25, 0.3) is 111 Å². The lowest BCUT2D eigenvalue weighted by molar-refractivity contribution is 1.17. The first kappa shape index (κ1) is 58.7. The Morgan fingerprint density at radius 2 is 0.520 bits per heavy atom. The fraction of sp³-hybridized carbons (Fsp3) is 0. The quantitative estimate of drug-likeness (QED) is 0.114. The van der Waals surface area contributed by atoms with Gasteiger partial charge < -0.3 is 23.8 Å². The predicted octanol–water partition coefficient (Wildman–Crippen LogP) is 23.8. The van der Waals surface area contributed by atoms with E-state index in [4.69, 9.17) is 0 Å². The minimum Gasteiger partial charge on any atom is -0.311 e. The number of hydrogen-bond donors (Lipinski definition) is 0. The van der Waals surface area contributed by atoms with Crippen LogP contribution < -0.4 is 31.1 Å². The van der Waals surface area contributed by atoms with Crippen molar-refractivity contribution in [3.8, 4) is 67.0 Å². The summed E-state index contributed by atoms with van der Waals surface area (Å²) in [6.45, 7) is -0.262. The summed E-state index contributed by atoms with van der Waals surface area (Å²) in [6, 6.07) is 144. The van der Waals surface area contributed by atoms with Gasteiger partial charge >= 0.3 is 0 Å². The average molecular weight is 1300 g/mol. The van der Waals surface area contributed by atoms with E-state index in [-0.39, 0.29) is 6.71 Å². The van der Waals surface area contributed by atoms with Gasteiger partial charge in [0.25, 0.3) is 6.71 Å². The molecule has 0 fully saturated rings. The third-order valence-electron chi connectivity index (χ3n) is 21.1. The zero-order valence-corrected chi connectivity index (χ0v) is 55.8. The van der Waals surface area contributed by atoms with E-state index in [0.29, 0.717) is 0 Å². The lowest BCUT2D eigenvalue weighted by Crippen LogP contribution is -2.61. The topological polar surface area (TPSA) is 19.6 Å². The molecule has 0 radical (unpaired) electrons. The average Bonchev–Trinajstić information content (AvgIpc) is 0.806. The van der Waals surface area contributed by atoms with Crippen LogP contribution in [0.4, 0.5) is 51.2 Å². The van der Waals surface area contributed by atoms with Crippen molar-refractivity contribution in [2.45, 2.75) is 0 Å². The highest BCUT2D eigenvalue weighted by Gasteiger charge is 2.46. The van der Waals surface area contributed by atoms with Gasteiger partial charge in [-0.3, -0.25) is 0 Å². The van der Waals surface area contributed by atoms with Gasteiger partial charge in [-0.15, -0.1) is 0 Å². The maximum Gasteiger partial charge on any atom is 0.252 e. The zero-order chi connectivity index (χ0) is 67.2. The summed E-state index contributed by atoms with van der Waals surface area (Å²) in [6.07, 6.45) is 0. The van der Waals surface area contributed by atoms with E-state index in [1.165, 1.54) is 37.9 Å². The molecule has 0 saturated heterocycles. The summed E-state index contributed by atoms with van der Waals surface area (Å²) in [5.74, 6) is 0. The van der Waals surface area contributed by atoms with Crippen molar-refractivity contribution < 1.29 is 0 Å². The molecule has 0 bridgehead atoms. The molecule has 18 aromatic rings. The van der Waals surface area contributed by atoms with Crippen LogP contribution in [0.2, 0.25) is 0 Å². The Hall–Kier alpha value is -13.4. The number of para-hydroxylation sites is 8. The maximum absolute atomic E-state index is 2.67. The first-order valence-electron chi connectivity index (χ1n) is 35.2. The van der Waals surface area contributed by atoms with Crippen LogP contribution in [0.3, 0.4) is 0 Å². The van der Waals surface area contributed by atoms with E-state index >= 15 is 0 Å². The SMILES string of the molecule is c1ccc(-c2cccc(-c3ccccc3)c2N2c3cc(-n4c5ccccc5c5ccccc54)ccc3B3c4ccc(-n5c6ccccc6c6ccccc65)cc4N(c4c(-c5ccccc5)cccc4-c4ccccc4)c4cc(-c5ccc(N(c6ccccc6)c6ccccc6)cc5)cc2c43)cc1. The molecule has 0 saturated carbocycles. The van der Waals surface area contributed by atoms with E-state index in [1.807, 2.05) is 0 Å². The Morgan fingerprint density at radius 1 is 0.216 bits per heavy atom. The van der Waals surface area contributed by atoms with Crippen LogP contribution in [0.15, 0.2) is 388 Å². The Bertz CT molecular complexity index is 5670. The summed E-state index contributed by atoms with van der Waals surface area (Å²) in [5.41, 5.74) is 31.4. The number of benzene rings is 16. The van der Waals surface area contributed by atoms with E-state index in [9.17, 15) is 0 Å². The monoisotopic (exact) mass is 1300 g/mol. The summed E-state index contributed by atoms with van der Waals surface area (Å²) >= 11 is 0. The molecule has 16 aromatic carbocycles. The Labute approximate surface area is 593 Å². The van der Waals surface area contributed by atoms with Gasteiger partial charge in [-0.05, 0) is 147 Å². The summed E-state index contributed by atoms with van der Waals surface area (Å²) in [7, 11) is 0. The second-order valence-electron chi connectivity index (χ2n) is 26.7. The van der Waals surface area contributed by atoms with Gasteiger partial charge in [-0.1, -0.05) is 291 Å². The minimum atomic E-state index is -0.262. The summed E-state index contributed by atoms with van der Waals surface area (Å²) in [4.78, 5) is 7.70. The molecule has 6 heteroatoms. The number of rotatable bonds is 12. The molecule has 0 spiro atoms. The number of anilines is 9. The third-order valence-corrected chi connectivity index (χ3v) is 21.1. The van der Waals surface area contributed by atoms with Crippen LogP contribution in [-0.4, -0.2) is 15.8 Å². The first-order valence-corrected chi connectivity index (χ1v) is 35.2. The maximum atomic E-state index is 2.67. The van der Waals surface area contributed by atoms with E-state index in [1.54, 1.807) is 0 Å². The van der Waals surface area contributed by atoms with Crippen molar-refractivity contribution in [3.63, 3.8) is 0 Å². The van der Waals surface area contributed by atoms with Crippen molar-refractivity contribution in [2.75, 3.05) is 14.7 Å². The molecular weight excluding hydrogens is 1230 g/mol. The molecule has 2 aromatic heterocycles. The van der Waals surface area contributed by atoms with Crippen LogP contribution >= 0.6 is 0 Å². The smallest absolute Gasteiger partial charge is 0.252 e. The van der Waals surface area contributed by atoms with E-state index < -0.39 is 0 Å². The lowest BCUT2D eigenvalue weighted by atomic mass is 9.33. The molecule has 102 heavy (non-hydrogen) atoms. The minimum absolute atomic E-state index is 0.262. The molecule has 4 heterocycles. The fourth-order valence-electron chi connectivity index (χ4n) is 16.7. The van der Waals surface area contributed by atoms with Crippen LogP contribution in [0, 0.1) is 0 Å². The van der Waals surface area contributed by atoms with Crippen LogP contribution in [0.5, 0.6) is 0 Å². The van der Waals surface area contributed by atoms with Gasteiger partial charge in [-0.25, -0.2) is 0 Å². The van der Waals surface area contributed by atoms with Crippen molar-refractivity contribution in [2.24, 2.45) is 0 Å². The Balaban J connectivity index is 0.947. The molecule has 476 valence electrons. The second-order valence-corrected chi connectivity index (χ2v) is 26.7. The number of aromatic nitrogens is 2. The largest absolute Gasteiger partial charge is 0.311 e. The molecule has 0 amide bonds. The first-order chi connectivity index (χ1) is 50.7. The van der Waals surface area contributed by atoms with Gasteiger partial charge in [0, 0.05) is 95.0 Å². The zero-order valence-electron chi connectivity index (χ0n) is 55.8. The van der Waals surface area contributed by atoms with Gasteiger partial charge in [0.2, 0.25) is 0 Å². The molecular formula is C96H64BN5. The second kappa shape index (κ2) is 24.2. The van der Waals surface area contributed by atoms with E-state index in [2.05, 4.69) is 412 Å². The third kappa shape index (κ3) is 9.48. The van der Waals surface area contributed by atoms with Crippen LogP contribution in [0.1, 0.15) is 0 Å². The molecule has 0 atom stereocenters. The number of fused-ring (bicyclic) bond motifs is 10. The predicted molar refractivity (Wildman–Crippen MR) is 431 cm³/mol. The van der Waals surface area contributed by atoms with Crippen molar-refractivity contribution >= 4 is 118 Å². The van der Waals surface area contributed by atoms with E-state index in [0.717, 1.165) is 140 Å². The van der Waals surface area contributed by atoms with Crippen LogP contribution in [-0.2, 0) is 0 Å².